The van der Waals surface area contributed by atoms with E-state index in [0.29, 0.717) is 0 Å². The Morgan fingerprint density at radius 3 is 2.65 bits per heavy atom. The van der Waals surface area contributed by atoms with Gasteiger partial charge in [-0.2, -0.15) is 0 Å². The molecule has 98 valence electrons. The van der Waals surface area contributed by atoms with E-state index >= 15 is 0 Å². The normalized spacial score (nSPS) is 11.2. The van der Waals surface area contributed by atoms with E-state index in [1.807, 2.05) is 30.3 Å². The van der Waals surface area contributed by atoms with Crippen LogP contribution in [0.5, 0.6) is 5.75 Å². The van der Waals surface area contributed by atoms with Gasteiger partial charge in [0.05, 0.1) is 23.0 Å². The third-order valence-corrected chi connectivity index (χ3v) is 4.42. The molecule has 0 bridgehead atoms. The standard InChI is InChI=1S/C16H12N2OS/c1-19-12-8-6-11(7-9-12)15-10-18-14-5-3-2-4-13(14)17-16(18)20-15/h2-10H,1H3. The molecule has 0 radical (unpaired) electrons. The van der Waals surface area contributed by atoms with Crippen molar-refractivity contribution in [2.24, 2.45) is 0 Å². The zero-order valence-electron chi connectivity index (χ0n) is 10.9. The van der Waals surface area contributed by atoms with Crippen molar-refractivity contribution in [1.29, 1.82) is 0 Å². The molecule has 20 heavy (non-hydrogen) atoms. The fraction of sp³-hybridized carbons (Fsp3) is 0.0625. The van der Waals surface area contributed by atoms with Crippen LogP contribution < -0.4 is 4.74 Å². The first-order chi connectivity index (χ1) is 9.85. The monoisotopic (exact) mass is 280 g/mol. The van der Waals surface area contributed by atoms with Crippen molar-refractivity contribution in [3.05, 3.63) is 54.7 Å². The molecule has 4 heteroatoms. The Labute approximate surface area is 120 Å². The van der Waals surface area contributed by atoms with Gasteiger partial charge in [0, 0.05) is 6.20 Å². The maximum Gasteiger partial charge on any atom is 0.195 e. The summed E-state index contributed by atoms with van der Waals surface area (Å²) in [6.45, 7) is 0. The van der Waals surface area contributed by atoms with Gasteiger partial charge in [0.15, 0.2) is 4.96 Å². The second-order valence-electron chi connectivity index (χ2n) is 4.58. The van der Waals surface area contributed by atoms with Gasteiger partial charge in [-0.1, -0.05) is 23.5 Å². The molecule has 2 aromatic carbocycles. The van der Waals surface area contributed by atoms with E-state index in [9.17, 15) is 0 Å². The predicted molar refractivity (Wildman–Crippen MR) is 82.6 cm³/mol. The predicted octanol–water partition coefficient (Wildman–Crippen LogP) is 4.22. The molecule has 0 saturated carbocycles. The number of imidazole rings is 1. The largest absolute Gasteiger partial charge is 0.497 e. The average molecular weight is 280 g/mol. The van der Waals surface area contributed by atoms with E-state index in [2.05, 4.69) is 33.8 Å². The second-order valence-corrected chi connectivity index (χ2v) is 5.59. The molecule has 0 fully saturated rings. The summed E-state index contributed by atoms with van der Waals surface area (Å²) in [7, 11) is 1.68. The highest BCUT2D eigenvalue weighted by Crippen LogP contribution is 2.31. The number of ether oxygens (including phenoxy) is 1. The van der Waals surface area contributed by atoms with Crippen LogP contribution in [0.4, 0.5) is 0 Å². The van der Waals surface area contributed by atoms with Crippen molar-refractivity contribution in [2.75, 3.05) is 7.11 Å². The molecule has 4 rings (SSSR count). The topological polar surface area (TPSA) is 26.5 Å². The summed E-state index contributed by atoms with van der Waals surface area (Å²) < 4.78 is 7.34. The van der Waals surface area contributed by atoms with Crippen LogP contribution in [-0.4, -0.2) is 16.5 Å². The number of aromatic nitrogens is 2. The zero-order valence-corrected chi connectivity index (χ0v) is 11.7. The Kier molecular flexibility index (Phi) is 2.50. The summed E-state index contributed by atoms with van der Waals surface area (Å²) >= 11 is 1.70. The SMILES string of the molecule is COc1ccc(-c2cn3c(nc4ccccc43)s2)cc1. The third kappa shape index (κ3) is 1.69. The maximum atomic E-state index is 5.19. The molecular weight excluding hydrogens is 268 g/mol. The van der Waals surface area contributed by atoms with Crippen molar-refractivity contribution in [3.63, 3.8) is 0 Å². The van der Waals surface area contributed by atoms with Gasteiger partial charge in [-0.15, -0.1) is 0 Å². The number of thiazole rings is 1. The lowest BCUT2D eigenvalue weighted by Gasteiger charge is -2.00. The van der Waals surface area contributed by atoms with Crippen LogP contribution in [0.3, 0.4) is 0 Å². The van der Waals surface area contributed by atoms with Crippen LogP contribution >= 0.6 is 11.3 Å². The van der Waals surface area contributed by atoms with Gasteiger partial charge in [0.2, 0.25) is 0 Å². The number of fused-ring (bicyclic) bond motifs is 3. The molecule has 0 N–H and O–H groups in total. The van der Waals surface area contributed by atoms with E-state index < -0.39 is 0 Å². The first kappa shape index (κ1) is 11.5. The second kappa shape index (κ2) is 4.35. The molecule has 0 atom stereocenters. The lowest BCUT2D eigenvalue weighted by molar-refractivity contribution is 0.415. The minimum absolute atomic E-state index is 0.875. The van der Waals surface area contributed by atoms with Crippen LogP contribution in [0.25, 0.3) is 26.4 Å². The minimum Gasteiger partial charge on any atom is -0.497 e. The molecule has 0 aliphatic carbocycles. The summed E-state index contributed by atoms with van der Waals surface area (Å²) in [5.41, 5.74) is 3.38. The number of hydrogen-bond acceptors (Lipinski definition) is 3. The van der Waals surface area contributed by atoms with Gasteiger partial charge in [0.25, 0.3) is 0 Å². The minimum atomic E-state index is 0.875. The lowest BCUT2D eigenvalue weighted by Crippen LogP contribution is -1.81. The highest BCUT2D eigenvalue weighted by Gasteiger charge is 2.09. The van der Waals surface area contributed by atoms with Crippen molar-refractivity contribution in [2.45, 2.75) is 0 Å². The third-order valence-electron chi connectivity index (χ3n) is 3.39. The molecule has 0 spiro atoms. The van der Waals surface area contributed by atoms with E-state index in [1.54, 1.807) is 18.4 Å². The number of benzene rings is 2. The Bertz CT molecular complexity index is 890. The molecule has 3 nitrogen and oxygen atoms in total. The smallest absolute Gasteiger partial charge is 0.195 e. The van der Waals surface area contributed by atoms with Crippen molar-refractivity contribution >= 4 is 27.3 Å². The van der Waals surface area contributed by atoms with Gasteiger partial charge in [-0.05, 0) is 42.0 Å². The molecule has 0 aliphatic rings. The van der Waals surface area contributed by atoms with Crippen molar-refractivity contribution < 1.29 is 4.74 Å². The molecule has 0 unspecified atom stereocenters. The molecule has 0 aliphatic heterocycles. The van der Waals surface area contributed by atoms with Crippen LogP contribution in [0.15, 0.2) is 54.7 Å². The molecular formula is C16H12N2OS. The summed E-state index contributed by atoms with van der Waals surface area (Å²) in [4.78, 5) is 6.89. The first-order valence-corrected chi connectivity index (χ1v) is 7.18. The van der Waals surface area contributed by atoms with Gasteiger partial charge in [0.1, 0.15) is 5.75 Å². The summed E-state index contributed by atoms with van der Waals surface area (Å²) in [6.07, 6.45) is 2.15. The van der Waals surface area contributed by atoms with Crippen LogP contribution in [-0.2, 0) is 0 Å². The number of para-hydroxylation sites is 2. The van der Waals surface area contributed by atoms with Crippen LogP contribution in [0.2, 0.25) is 0 Å². The molecule has 2 aromatic heterocycles. The number of nitrogens with zero attached hydrogens (tertiary/aromatic N) is 2. The zero-order chi connectivity index (χ0) is 13.5. The molecule has 2 heterocycles. The van der Waals surface area contributed by atoms with Gasteiger partial charge >= 0.3 is 0 Å². The fourth-order valence-electron chi connectivity index (χ4n) is 2.35. The van der Waals surface area contributed by atoms with Gasteiger partial charge in [-0.25, -0.2) is 4.98 Å². The Hall–Kier alpha value is -2.33. The molecule has 0 saturated heterocycles. The first-order valence-electron chi connectivity index (χ1n) is 6.36. The van der Waals surface area contributed by atoms with Crippen LogP contribution in [0, 0.1) is 0 Å². The summed E-state index contributed by atoms with van der Waals surface area (Å²) in [6, 6.07) is 16.3. The average Bonchev–Trinajstić information content (AvgIpc) is 3.05. The molecule has 0 amide bonds. The van der Waals surface area contributed by atoms with Crippen molar-refractivity contribution in [3.8, 4) is 16.2 Å². The highest BCUT2D eigenvalue weighted by atomic mass is 32.1. The fourth-order valence-corrected chi connectivity index (χ4v) is 3.35. The summed E-state index contributed by atoms with van der Waals surface area (Å²) in [5, 5.41) is 0. The van der Waals surface area contributed by atoms with E-state index in [0.717, 1.165) is 21.7 Å². The Balaban J connectivity index is 1.87. The molecule has 4 aromatic rings. The van der Waals surface area contributed by atoms with E-state index in [-0.39, 0.29) is 0 Å². The Morgan fingerprint density at radius 2 is 1.85 bits per heavy atom. The summed E-state index contributed by atoms with van der Waals surface area (Å²) in [5.74, 6) is 0.875. The quantitative estimate of drug-likeness (QED) is 0.549. The number of hydrogen-bond donors (Lipinski definition) is 0. The Morgan fingerprint density at radius 1 is 1.05 bits per heavy atom. The number of methoxy groups -OCH3 is 1. The van der Waals surface area contributed by atoms with Gasteiger partial charge < -0.3 is 4.74 Å². The van der Waals surface area contributed by atoms with E-state index in [4.69, 9.17) is 4.74 Å². The van der Waals surface area contributed by atoms with Gasteiger partial charge in [-0.3, -0.25) is 4.40 Å². The van der Waals surface area contributed by atoms with E-state index in [1.165, 1.54) is 10.4 Å². The maximum absolute atomic E-state index is 5.19. The lowest BCUT2D eigenvalue weighted by atomic mass is 10.2. The van der Waals surface area contributed by atoms with Crippen LogP contribution in [0.1, 0.15) is 0 Å². The van der Waals surface area contributed by atoms with Crippen molar-refractivity contribution in [1.82, 2.24) is 9.38 Å². The highest BCUT2D eigenvalue weighted by molar-refractivity contribution is 7.20. The number of rotatable bonds is 2.